The van der Waals surface area contributed by atoms with Crippen LogP contribution in [-0.4, -0.2) is 20.8 Å². The van der Waals surface area contributed by atoms with Crippen LogP contribution < -0.4 is 9.46 Å². The fraction of sp³-hybridized carbons (Fsp3) is 0.700. The van der Waals surface area contributed by atoms with Crippen molar-refractivity contribution in [3.63, 3.8) is 0 Å². The van der Waals surface area contributed by atoms with Gasteiger partial charge in [0.05, 0.1) is 17.9 Å². The lowest BCUT2D eigenvalue weighted by Crippen LogP contribution is -2.36. The van der Waals surface area contributed by atoms with Crippen LogP contribution >= 0.6 is 0 Å². The highest BCUT2D eigenvalue weighted by molar-refractivity contribution is 7.89. The highest BCUT2D eigenvalue weighted by Crippen LogP contribution is 2.47. The van der Waals surface area contributed by atoms with Gasteiger partial charge in [-0.3, -0.25) is 0 Å². The van der Waals surface area contributed by atoms with E-state index in [4.69, 9.17) is 4.74 Å². The molecule has 3 rings (SSSR count). The molecule has 0 radical (unpaired) electrons. The van der Waals surface area contributed by atoms with Crippen LogP contribution in [0.5, 0.6) is 5.75 Å². The number of hydrogen-bond donors (Lipinski definition) is 1. The minimum absolute atomic E-state index is 0.157. The molecule has 2 aliphatic carbocycles. The van der Waals surface area contributed by atoms with Gasteiger partial charge in [0.15, 0.2) is 11.6 Å². The molecule has 26 heavy (non-hydrogen) atoms. The van der Waals surface area contributed by atoms with Crippen molar-refractivity contribution in [1.82, 2.24) is 4.72 Å². The predicted molar refractivity (Wildman–Crippen MR) is 101 cm³/mol. The van der Waals surface area contributed by atoms with E-state index in [-0.39, 0.29) is 17.3 Å². The summed E-state index contributed by atoms with van der Waals surface area (Å²) in [4.78, 5) is 0. The topological polar surface area (TPSA) is 55.4 Å². The summed E-state index contributed by atoms with van der Waals surface area (Å²) in [6.45, 7) is 2.68. The first kappa shape index (κ1) is 19.6. The van der Waals surface area contributed by atoms with Crippen LogP contribution in [0.1, 0.15) is 70.3 Å². The van der Waals surface area contributed by atoms with Gasteiger partial charge in [0.25, 0.3) is 0 Å². The summed E-state index contributed by atoms with van der Waals surface area (Å²) in [6, 6.07) is 4.74. The van der Waals surface area contributed by atoms with Gasteiger partial charge in [-0.2, -0.15) is 0 Å². The number of rotatable bonds is 12. The van der Waals surface area contributed by atoms with Gasteiger partial charge in [0, 0.05) is 0 Å². The SMILES string of the molecule is CCCCCCCS(=O)(=O)NC1(c2ccc(F)c(OCC3CC3)c2)CC1. The van der Waals surface area contributed by atoms with E-state index in [2.05, 4.69) is 11.6 Å². The number of nitrogens with one attached hydrogen (secondary N) is 1. The summed E-state index contributed by atoms with van der Waals surface area (Å²) in [5.74, 6) is 0.549. The molecule has 0 saturated heterocycles. The van der Waals surface area contributed by atoms with Crippen molar-refractivity contribution in [2.24, 2.45) is 5.92 Å². The highest BCUT2D eigenvalue weighted by Gasteiger charge is 2.47. The minimum atomic E-state index is -3.34. The second-order valence-corrected chi connectivity index (χ2v) is 9.66. The second kappa shape index (κ2) is 8.26. The van der Waals surface area contributed by atoms with Gasteiger partial charge in [-0.05, 0) is 55.7 Å². The van der Waals surface area contributed by atoms with Crippen molar-refractivity contribution in [2.45, 2.75) is 70.3 Å². The molecule has 1 aromatic rings. The van der Waals surface area contributed by atoms with E-state index in [0.717, 1.165) is 56.9 Å². The Morgan fingerprint density at radius 1 is 1.19 bits per heavy atom. The molecule has 0 amide bonds. The molecule has 0 aromatic heterocycles. The summed E-state index contributed by atoms with van der Waals surface area (Å²) in [5, 5.41) is 0. The standard InChI is InChI=1S/C20H30FNO3S/c1-2-3-4-5-6-13-26(23,24)22-20(11-12-20)17-9-10-18(21)19(14-17)25-15-16-7-8-16/h9-10,14,16,22H,2-8,11-13,15H2,1H3. The summed E-state index contributed by atoms with van der Waals surface area (Å²) >= 11 is 0. The molecular weight excluding hydrogens is 353 g/mol. The third kappa shape index (κ3) is 5.43. The number of benzene rings is 1. The molecule has 0 bridgehead atoms. The average Bonchev–Trinajstić information content (AvgIpc) is 3.50. The van der Waals surface area contributed by atoms with Crippen LogP contribution in [0.3, 0.4) is 0 Å². The fourth-order valence-corrected chi connectivity index (χ4v) is 4.83. The summed E-state index contributed by atoms with van der Waals surface area (Å²) in [7, 11) is -3.34. The monoisotopic (exact) mass is 383 g/mol. The maximum Gasteiger partial charge on any atom is 0.212 e. The number of unbranched alkanes of at least 4 members (excludes halogenated alkanes) is 4. The van der Waals surface area contributed by atoms with Gasteiger partial charge >= 0.3 is 0 Å². The van der Waals surface area contributed by atoms with Gasteiger partial charge in [-0.15, -0.1) is 0 Å². The molecule has 4 nitrogen and oxygen atoms in total. The van der Waals surface area contributed by atoms with Gasteiger partial charge in [-0.1, -0.05) is 38.7 Å². The van der Waals surface area contributed by atoms with Gasteiger partial charge < -0.3 is 4.74 Å². The summed E-state index contributed by atoms with van der Waals surface area (Å²) in [6.07, 6.45) is 8.78. The van der Waals surface area contributed by atoms with E-state index < -0.39 is 15.6 Å². The van der Waals surface area contributed by atoms with Gasteiger partial charge in [0.2, 0.25) is 10.0 Å². The maximum atomic E-state index is 14.0. The van der Waals surface area contributed by atoms with E-state index in [0.29, 0.717) is 18.9 Å². The molecule has 2 fully saturated rings. The summed E-state index contributed by atoms with van der Waals surface area (Å²) < 4.78 is 47.4. The molecule has 1 aromatic carbocycles. The first-order valence-electron chi connectivity index (χ1n) is 9.88. The smallest absolute Gasteiger partial charge is 0.212 e. The molecule has 0 heterocycles. The first-order chi connectivity index (χ1) is 12.4. The minimum Gasteiger partial charge on any atom is -0.490 e. The second-order valence-electron chi connectivity index (χ2n) is 7.82. The predicted octanol–water partition coefficient (Wildman–Crippen LogP) is 4.49. The molecule has 2 aliphatic rings. The Morgan fingerprint density at radius 3 is 2.58 bits per heavy atom. The zero-order chi connectivity index (χ0) is 18.6. The van der Waals surface area contributed by atoms with E-state index in [1.54, 1.807) is 12.1 Å². The van der Waals surface area contributed by atoms with Crippen LogP contribution in [0.2, 0.25) is 0 Å². The number of ether oxygens (including phenoxy) is 1. The number of hydrogen-bond acceptors (Lipinski definition) is 3. The molecule has 6 heteroatoms. The van der Waals surface area contributed by atoms with E-state index in [1.807, 2.05) is 0 Å². The zero-order valence-electron chi connectivity index (χ0n) is 15.6. The first-order valence-corrected chi connectivity index (χ1v) is 11.5. The lowest BCUT2D eigenvalue weighted by molar-refractivity contribution is 0.284. The average molecular weight is 384 g/mol. The summed E-state index contributed by atoms with van der Waals surface area (Å²) in [5.41, 5.74) is 0.229. The van der Waals surface area contributed by atoms with Crippen LogP contribution in [0.15, 0.2) is 18.2 Å². The third-order valence-electron chi connectivity index (χ3n) is 5.27. The zero-order valence-corrected chi connectivity index (χ0v) is 16.4. The van der Waals surface area contributed by atoms with Crippen LogP contribution in [-0.2, 0) is 15.6 Å². The maximum absolute atomic E-state index is 14.0. The molecule has 2 saturated carbocycles. The van der Waals surface area contributed by atoms with E-state index in [1.165, 1.54) is 6.07 Å². The van der Waals surface area contributed by atoms with Crippen LogP contribution in [0.4, 0.5) is 4.39 Å². The fourth-order valence-electron chi connectivity index (χ4n) is 3.22. The van der Waals surface area contributed by atoms with Crippen molar-refractivity contribution >= 4 is 10.0 Å². The van der Waals surface area contributed by atoms with E-state index in [9.17, 15) is 12.8 Å². The van der Waals surface area contributed by atoms with Crippen molar-refractivity contribution in [3.8, 4) is 5.75 Å². The Hall–Kier alpha value is -1.14. The molecule has 146 valence electrons. The molecule has 0 aliphatic heterocycles. The Bertz CT molecular complexity index is 712. The van der Waals surface area contributed by atoms with Crippen molar-refractivity contribution < 1.29 is 17.5 Å². The largest absolute Gasteiger partial charge is 0.490 e. The lowest BCUT2D eigenvalue weighted by atomic mass is 10.1. The third-order valence-corrected chi connectivity index (χ3v) is 6.80. The highest BCUT2D eigenvalue weighted by atomic mass is 32.2. The quantitative estimate of drug-likeness (QED) is 0.541. The number of sulfonamides is 1. The Balaban J connectivity index is 1.59. The molecule has 0 spiro atoms. The van der Waals surface area contributed by atoms with Gasteiger partial charge in [0.1, 0.15) is 0 Å². The number of halogens is 1. The molecule has 0 atom stereocenters. The Morgan fingerprint density at radius 2 is 1.92 bits per heavy atom. The molecular formula is C20H30FNO3S. The van der Waals surface area contributed by atoms with Crippen LogP contribution in [0.25, 0.3) is 0 Å². The Labute approximate surface area is 156 Å². The normalized spacial score (nSPS) is 18.7. The van der Waals surface area contributed by atoms with Crippen LogP contribution in [0, 0.1) is 11.7 Å². The Kier molecular flexibility index (Phi) is 6.23. The lowest BCUT2D eigenvalue weighted by Gasteiger charge is -2.19. The molecule has 1 N–H and O–H groups in total. The van der Waals surface area contributed by atoms with Crippen molar-refractivity contribution in [1.29, 1.82) is 0 Å². The van der Waals surface area contributed by atoms with Gasteiger partial charge in [-0.25, -0.2) is 17.5 Å². The molecule has 0 unspecified atom stereocenters. The van der Waals surface area contributed by atoms with E-state index >= 15 is 0 Å². The van der Waals surface area contributed by atoms with Crippen molar-refractivity contribution in [2.75, 3.05) is 12.4 Å². The van der Waals surface area contributed by atoms with Crippen molar-refractivity contribution in [3.05, 3.63) is 29.6 Å².